The van der Waals surface area contributed by atoms with Crippen molar-refractivity contribution in [1.82, 2.24) is 19.4 Å². The number of benzene rings is 1. The first-order valence-electron chi connectivity index (χ1n) is 9.79. The molecular weight excluding hydrogens is 374 g/mol. The molecule has 0 aliphatic carbocycles. The van der Waals surface area contributed by atoms with E-state index in [1.165, 1.54) is 0 Å². The molecule has 1 aliphatic rings. The number of rotatable bonds is 5. The molecule has 28 heavy (non-hydrogen) atoms. The number of anilines is 1. The number of aromatic nitrogens is 3. The first-order chi connectivity index (χ1) is 13.6. The van der Waals surface area contributed by atoms with E-state index in [2.05, 4.69) is 25.4 Å². The summed E-state index contributed by atoms with van der Waals surface area (Å²) in [6, 6.07) is 10.1. The van der Waals surface area contributed by atoms with Crippen molar-refractivity contribution in [2.45, 2.75) is 19.4 Å². The molecule has 0 radical (unpaired) electrons. The Hall–Kier alpha value is -2.15. The van der Waals surface area contributed by atoms with E-state index in [1.807, 2.05) is 38.2 Å². The van der Waals surface area contributed by atoms with Crippen molar-refractivity contribution in [2.75, 3.05) is 37.6 Å². The summed E-state index contributed by atoms with van der Waals surface area (Å²) in [4.78, 5) is 13.9. The predicted octanol–water partition coefficient (Wildman–Crippen LogP) is 3.18. The number of aliphatic hydroxyl groups is 1. The highest BCUT2D eigenvalue weighted by Gasteiger charge is 2.21. The van der Waals surface area contributed by atoms with Crippen molar-refractivity contribution in [3.05, 3.63) is 41.6 Å². The summed E-state index contributed by atoms with van der Waals surface area (Å²) in [6.07, 6.45) is 2.27. The number of aryl methyl sites for hydroxylation is 1. The molecule has 1 atom stereocenters. The number of para-hydroxylation sites is 2. The van der Waals surface area contributed by atoms with Crippen LogP contribution >= 0.6 is 11.6 Å². The summed E-state index contributed by atoms with van der Waals surface area (Å²) in [7, 11) is 2.01. The highest BCUT2D eigenvalue weighted by Crippen LogP contribution is 2.32. The van der Waals surface area contributed by atoms with E-state index in [-0.39, 0.29) is 6.10 Å². The number of halogens is 1. The van der Waals surface area contributed by atoms with Crippen LogP contribution in [0, 0.1) is 0 Å². The summed E-state index contributed by atoms with van der Waals surface area (Å²) in [5.74, 6) is 1.77. The Kier molecular flexibility index (Phi) is 5.53. The fourth-order valence-electron chi connectivity index (χ4n) is 3.75. The van der Waals surface area contributed by atoms with E-state index in [4.69, 9.17) is 16.6 Å². The molecule has 0 amide bonds. The van der Waals surface area contributed by atoms with Crippen LogP contribution in [0.5, 0.6) is 0 Å². The fourth-order valence-corrected chi connectivity index (χ4v) is 3.93. The third-order valence-electron chi connectivity index (χ3n) is 5.51. The molecule has 0 spiro atoms. The molecule has 1 N–H and O–H groups in total. The first-order valence-corrected chi connectivity index (χ1v) is 10.2. The fraction of sp³-hybridized carbons (Fsp3) is 0.429. The van der Waals surface area contributed by atoms with E-state index in [0.29, 0.717) is 5.02 Å². The summed E-state index contributed by atoms with van der Waals surface area (Å²) in [5, 5.41) is 10.5. The van der Waals surface area contributed by atoms with Crippen LogP contribution < -0.4 is 4.90 Å². The maximum Gasteiger partial charge on any atom is 0.142 e. The number of hydrogen-bond acceptors (Lipinski definition) is 5. The van der Waals surface area contributed by atoms with Crippen molar-refractivity contribution in [2.24, 2.45) is 7.05 Å². The van der Waals surface area contributed by atoms with Gasteiger partial charge in [-0.25, -0.2) is 9.97 Å². The maximum absolute atomic E-state index is 9.88. The van der Waals surface area contributed by atoms with Gasteiger partial charge in [0.2, 0.25) is 0 Å². The Labute approximate surface area is 170 Å². The molecule has 0 saturated carbocycles. The molecule has 6 nitrogen and oxygen atoms in total. The van der Waals surface area contributed by atoms with Gasteiger partial charge in [0.1, 0.15) is 11.6 Å². The Morgan fingerprint density at radius 1 is 1.18 bits per heavy atom. The van der Waals surface area contributed by atoms with Gasteiger partial charge in [0.25, 0.3) is 0 Å². The minimum absolute atomic E-state index is 0.246. The summed E-state index contributed by atoms with van der Waals surface area (Å²) in [6.45, 7) is 6.36. The molecule has 1 fully saturated rings. The predicted molar refractivity (Wildman–Crippen MR) is 114 cm³/mol. The van der Waals surface area contributed by atoms with E-state index in [0.717, 1.165) is 67.4 Å². The average molecular weight is 400 g/mol. The second-order valence-electron chi connectivity index (χ2n) is 7.36. The number of aliphatic hydroxyl groups excluding tert-OH is 1. The van der Waals surface area contributed by atoms with E-state index in [1.54, 1.807) is 6.20 Å². The van der Waals surface area contributed by atoms with Crippen molar-refractivity contribution in [3.8, 4) is 11.4 Å². The van der Waals surface area contributed by atoms with Crippen molar-refractivity contribution in [3.63, 3.8) is 0 Å². The largest absolute Gasteiger partial charge is 0.392 e. The third kappa shape index (κ3) is 3.72. The zero-order chi connectivity index (χ0) is 19.7. The highest BCUT2D eigenvalue weighted by atomic mass is 35.5. The van der Waals surface area contributed by atoms with E-state index >= 15 is 0 Å². The van der Waals surface area contributed by atoms with Crippen molar-refractivity contribution in [1.29, 1.82) is 0 Å². The van der Waals surface area contributed by atoms with Crippen molar-refractivity contribution >= 4 is 28.5 Å². The molecule has 3 heterocycles. The van der Waals surface area contributed by atoms with E-state index in [9.17, 15) is 5.11 Å². The molecule has 148 valence electrons. The highest BCUT2D eigenvalue weighted by molar-refractivity contribution is 6.33. The number of piperazine rings is 1. The van der Waals surface area contributed by atoms with Crippen LogP contribution in [-0.4, -0.2) is 63.4 Å². The molecule has 7 heteroatoms. The lowest BCUT2D eigenvalue weighted by atomic mass is 10.2. The summed E-state index contributed by atoms with van der Waals surface area (Å²) in [5.41, 5.74) is 2.93. The molecule has 1 aromatic carbocycles. The summed E-state index contributed by atoms with van der Waals surface area (Å²) < 4.78 is 2.07. The molecule has 2 aromatic heterocycles. The zero-order valence-corrected chi connectivity index (χ0v) is 17.1. The van der Waals surface area contributed by atoms with Gasteiger partial charge in [-0.1, -0.05) is 30.7 Å². The molecular formula is C21H26ClN5O. The van der Waals surface area contributed by atoms with Gasteiger partial charge in [0.05, 0.1) is 22.2 Å². The van der Waals surface area contributed by atoms with Crippen LogP contribution in [0.25, 0.3) is 22.4 Å². The van der Waals surface area contributed by atoms with Gasteiger partial charge in [-0.05, 0) is 24.6 Å². The number of nitrogens with zero attached hydrogens (tertiary/aromatic N) is 5. The normalized spacial score (nSPS) is 16.6. The Morgan fingerprint density at radius 3 is 2.64 bits per heavy atom. The minimum atomic E-state index is -0.246. The second kappa shape index (κ2) is 8.07. The van der Waals surface area contributed by atoms with E-state index < -0.39 is 0 Å². The number of pyridine rings is 1. The Balaban J connectivity index is 1.57. The quantitative estimate of drug-likeness (QED) is 0.714. The van der Waals surface area contributed by atoms with Gasteiger partial charge < -0.3 is 14.6 Å². The van der Waals surface area contributed by atoms with Crippen molar-refractivity contribution < 1.29 is 5.11 Å². The van der Waals surface area contributed by atoms with Crippen LogP contribution in [0.2, 0.25) is 5.02 Å². The lowest BCUT2D eigenvalue weighted by Gasteiger charge is -2.36. The third-order valence-corrected chi connectivity index (χ3v) is 5.81. The van der Waals surface area contributed by atoms with Gasteiger partial charge in [0, 0.05) is 51.5 Å². The maximum atomic E-state index is 9.88. The number of β-amino-alcohol motifs (C(OH)–C–C–N with tert-alkyl or cyclic N) is 1. The summed E-state index contributed by atoms with van der Waals surface area (Å²) >= 11 is 6.50. The second-order valence-corrected chi connectivity index (χ2v) is 7.76. The topological polar surface area (TPSA) is 57.4 Å². The minimum Gasteiger partial charge on any atom is -0.392 e. The lowest BCUT2D eigenvalue weighted by Crippen LogP contribution is -2.48. The Bertz CT molecular complexity index is 965. The average Bonchev–Trinajstić information content (AvgIpc) is 3.05. The number of imidazole rings is 1. The van der Waals surface area contributed by atoms with Crippen LogP contribution in [-0.2, 0) is 7.05 Å². The molecule has 1 saturated heterocycles. The van der Waals surface area contributed by atoms with Gasteiger partial charge in [-0.15, -0.1) is 0 Å². The van der Waals surface area contributed by atoms with Gasteiger partial charge in [0.15, 0.2) is 0 Å². The molecule has 4 rings (SSSR count). The van der Waals surface area contributed by atoms with Gasteiger partial charge >= 0.3 is 0 Å². The SMILES string of the molecule is CCC(O)CN1CCN(c2cc(-c3nc4ccccc4n3C)c(Cl)cn2)CC1. The molecule has 1 aliphatic heterocycles. The van der Waals surface area contributed by atoms with Crippen LogP contribution in [0.1, 0.15) is 13.3 Å². The van der Waals surface area contributed by atoms with Crippen LogP contribution in [0.15, 0.2) is 36.5 Å². The van der Waals surface area contributed by atoms with Crippen LogP contribution in [0.3, 0.4) is 0 Å². The standard InChI is InChI=1S/C21H26ClN5O/c1-3-15(28)14-26-8-10-27(11-9-26)20-12-16(17(22)13-23-20)21-24-18-6-4-5-7-19(18)25(21)2/h4-7,12-13,15,28H,3,8-11,14H2,1-2H3. The van der Waals surface area contributed by atoms with Gasteiger partial charge in [-0.3, -0.25) is 4.90 Å². The van der Waals surface area contributed by atoms with Gasteiger partial charge in [-0.2, -0.15) is 0 Å². The monoisotopic (exact) mass is 399 g/mol. The lowest BCUT2D eigenvalue weighted by molar-refractivity contribution is 0.106. The molecule has 3 aromatic rings. The smallest absolute Gasteiger partial charge is 0.142 e. The number of fused-ring (bicyclic) bond motifs is 1. The van der Waals surface area contributed by atoms with Crippen LogP contribution in [0.4, 0.5) is 5.82 Å². The molecule has 0 bridgehead atoms. The number of hydrogen-bond donors (Lipinski definition) is 1. The Morgan fingerprint density at radius 2 is 1.93 bits per heavy atom. The first kappa shape index (κ1) is 19.2. The zero-order valence-electron chi connectivity index (χ0n) is 16.3. The molecule has 1 unspecified atom stereocenters.